The van der Waals surface area contributed by atoms with E-state index in [1.165, 1.54) is 0 Å². The third-order valence-corrected chi connectivity index (χ3v) is 3.32. The lowest BCUT2D eigenvalue weighted by Gasteiger charge is -2.22. The van der Waals surface area contributed by atoms with Gasteiger partial charge in [0.15, 0.2) is 5.96 Å². The lowest BCUT2D eigenvalue weighted by atomic mass is 10.2. The number of nitrogens with zero attached hydrogens (tertiary/aromatic N) is 2. The summed E-state index contributed by atoms with van der Waals surface area (Å²) in [4.78, 5) is 6.54. The van der Waals surface area contributed by atoms with Gasteiger partial charge in [0.05, 0.1) is 6.54 Å². The molecule has 0 aliphatic carbocycles. The van der Waals surface area contributed by atoms with Crippen LogP contribution in [0.25, 0.3) is 0 Å². The first-order valence-electron chi connectivity index (χ1n) is 7.55. The first kappa shape index (κ1) is 22.3. The molecule has 1 rings (SSSR count). The summed E-state index contributed by atoms with van der Waals surface area (Å²) in [5.74, 6) is 1.78. The fourth-order valence-electron chi connectivity index (χ4n) is 1.71. The summed E-state index contributed by atoms with van der Waals surface area (Å²) < 4.78 is 5.68. The molecule has 1 unspecified atom stereocenters. The van der Waals surface area contributed by atoms with E-state index in [9.17, 15) is 0 Å². The Kier molecular flexibility index (Phi) is 12.3. The molecule has 0 aliphatic rings. The molecule has 0 saturated heterocycles. The zero-order valence-corrected chi connectivity index (χ0v) is 17.0. The number of nitrogens with one attached hydrogen (secondary N) is 1. The van der Waals surface area contributed by atoms with Crippen LogP contribution in [0.15, 0.2) is 29.3 Å². The topological polar surface area (TPSA) is 57.1 Å². The van der Waals surface area contributed by atoms with Gasteiger partial charge in [-0.05, 0) is 37.1 Å². The van der Waals surface area contributed by atoms with Crippen molar-refractivity contribution in [1.29, 1.82) is 0 Å². The average molecular weight is 456 g/mol. The Labute approximate surface area is 161 Å². The van der Waals surface area contributed by atoms with E-state index in [2.05, 4.69) is 10.3 Å². The highest BCUT2D eigenvalue weighted by Crippen LogP contribution is 2.15. The van der Waals surface area contributed by atoms with Crippen molar-refractivity contribution >= 4 is 41.5 Å². The summed E-state index contributed by atoms with van der Waals surface area (Å²) in [6.07, 6.45) is 0. The van der Waals surface area contributed by atoms with Gasteiger partial charge >= 0.3 is 0 Å². The second kappa shape index (κ2) is 12.7. The Bertz CT molecular complexity index is 457. The number of aliphatic hydroxyl groups excluding tert-OH is 1. The van der Waals surface area contributed by atoms with Crippen LogP contribution in [0.3, 0.4) is 0 Å². The highest BCUT2D eigenvalue weighted by Gasteiger charge is 2.07. The number of rotatable bonds is 8. The number of halogens is 2. The predicted molar refractivity (Wildman–Crippen MR) is 107 cm³/mol. The maximum atomic E-state index is 9.07. The number of likely N-dealkylation sites (N-methyl/N-ethyl adjacent to an activating group) is 1. The molecule has 0 aromatic heterocycles. The van der Waals surface area contributed by atoms with E-state index in [-0.39, 0.29) is 36.5 Å². The van der Waals surface area contributed by atoms with E-state index in [1.807, 2.05) is 50.1 Å². The highest BCUT2D eigenvalue weighted by atomic mass is 127. The lowest BCUT2D eigenvalue weighted by Crippen LogP contribution is -2.41. The Balaban J connectivity index is 0.00000484. The van der Waals surface area contributed by atoms with Crippen molar-refractivity contribution in [1.82, 2.24) is 10.2 Å². The minimum absolute atomic E-state index is 0. The maximum absolute atomic E-state index is 9.07. The molecule has 23 heavy (non-hydrogen) atoms. The molecule has 1 aromatic carbocycles. The summed E-state index contributed by atoms with van der Waals surface area (Å²) in [7, 11) is 1.97. The van der Waals surface area contributed by atoms with E-state index in [0.717, 1.165) is 18.3 Å². The fourth-order valence-corrected chi connectivity index (χ4v) is 1.83. The summed E-state index contributed by atoms with van der Waals surface area (Å²) in [6.45, 7) is 6.81. The maximum Gasteiger partial charge on any atom is 0.193 e. The van der Waals surface area contributed by atoms with Crippen LogP contribution < -0.4 is 10.1 Å². The fraction of sp³-hybridized carbons (Fsp3) is 0.562. The number of hydrogen-bond donors (Lipinski definition) is 2. The highest BCUT2D eigenvalue weighted by molar-refractivity contribution is 14.0. The molecule has 1 atom stereocenters. The summed E-state index contributed by atoms with van der Waals surface area (Å²) in [5.41, 5.74) is 0. The van der Waals surface area contributed by atoms with Crippen molar-refractivity contribution in [3.8, 4) is 5.75 Å². The van der Waals surface area contributed by atoms with Crippen molar-refractivity contribution in [3.63, 3.8) is 0 Å². The first-order chi connectivity index (χ1) is 10.6. The smallest absolute Gasteiger partial charge is 0.193 e. The first-order valence-corrected chi connectivity index (χ1v) is 7.93. The molecular formula is C16H27ClIN3O2. The monoisotopic (exact) mass is 455 g/mol. The van der Waals surface area contributed by atoms with Gasteiger partial charge in [-0.1, -0.05) is 18.5 Å². The molecule has 5 nitrogen and oxygen atoms in total. The second-order valence-electron chi connectivity index (χ2n) is 5.21. The standard InChI is InChI=1S/C16H26ClN3O2.HI/c1-4-18-16(19-11-13(2)12-21)20(3)9-10-22-15-7-5-14(17)6-8-15;/h5-8,13,21H,4,9-12H2,1-3H3,(H,18,19);1H. The number of guanidine groups is 1. The van der Waals surface area contributed by atoms with Gasteiger partial charge in [-0.25, -0.2) is 0 Å². The van der Waals surface area contributed by atoms with Crippen LogP contribution in [0, 0.1) is 5.92 Å². The number of aliphatic hydroxyl groups is 1. The van der Waals surface area contributed by atoms with Gasteiger partial charge in [0.1, 0.15) is 12.4 Å². The summed E-state index contributed by atoms with van der Waals surface area (Å²) in [5, 5.41) is 13.0. The average Bonchev–Trinajstić information content (AvgIpc) is 2.52. The van der Waals surface area contributed by atoms with E-state index < -0.39 is 0 Å². The van der Waals surface area contributed by atoms with Gasteiger partial charge < -0.3 is 20.1 Å². The molecule has 2 N–H and O–H groups in total. The Morgan fingerprint density at radius 1 is 1.39 bits per heavy atom. The van der Waals surface area contributed by atoms with Gasteiger partial charge in [-0.15, -0.1) is 24.0 Å². The largest absolute Gasteiger partial charge is 0.492 e. The van der Waals surface area contributed by atoms with E-state index in [1.54, 1.807) is 0 Å². The summed E-state index contributed by atoms with van der Waals surface area (Å²) in [6, 6.07) is 7.32. The molecule has 132 valence electrons. The van der Waals surface area contributed by atoms with Crippen molar-refractivity contribution in [2.24, 2.45) is 10.9 Å². The van der Waals surface area contributed by atoms with Gasteiger partial charge in [-0.2, -0.15) is 0 Å². The predicted octanol–water partition coefficient (Wildman–Crippen LogP) is 2.86. The number of benzene rings is 1. The molecule has 0 aliphatic heterocycles. The molecule has 0 amide bonds. The number of aliphatic imine (C=N–C) groups is 1. The minimum Gasteiger partial charge on any atom is -0.492 e. The molecule has 1 aromatic rings. The third kappa shape index (κ3) is 9.22. The molecule has 7 heteroatoms. The van der Waals surface area contributed by atoms with E-state index in [0.29, 0.717) is 24.7 Å². The number of hydrogen-bond acceptors (Lipinski definition) is 3. The van der Waals surface area contributed by atoms with Gasteiger partial charge in [0.2, 0.25) is 0 Å². The SMILES string of the molecule is CCNC(=NCC(C)CO)N(C)CCOc1ccc(Cl)cc1.I. The normalized spacial score (nSPS) is 12.3. The quantitative estimate of drug-likeness (QED) is 0.360. The van der Waals surface area contributed by atoms with Crippen molar-refractivity contribution < 1.29 is 9.84 Å². The van der Waals surface area contributed by atoms with E-state index in [4.69, 9.17) is 21.4 Å². The Hall–Kier alpha value is -0.730. The molecular weight excluding hydrogens is 429 g/mol. The van der Waals surface area contributed by atoms with Crippen LogP contribution in [-0.2, 0) is 0 Å². The molecule has 0 saturated carbocycles. The van der Waals surface area contributed by atoms with Gasteiger partial charge in [0.25, 0.3) is 0 Å². The van der Waals surface area contributed by atoms with Gasteiger partial charge in [-0.3, -0.25) is 4.99 Å². The van der Waals surface area contributed by atoms with Gasteiger partial charge in [0, 0.05) is 31.8 Å². The Morgan fingerprint density at radius 3 is 2.61 bits per heavy atom. The van der Waals surface area contributed by atoms with Crippen molar-refractivity contribution in [3.05, 3.63) is 29.3 Å². The zero-order valence-electron chi connectivity index (χ0n) is 14.0. The van der Waals surface area contributed by atoms with Crippen LogP contribution in [0.4, 0.5) is 0 Å². The third-order valence-electron chi connectivity index (χ3n) is 3.07. The van der Waals surface area contributed by atoms with Crippen LogP contribution in [0.1, 0.15) is 13.8 Å². The van der Waals surface area contributed by atoms with Crippen molar-refractivity contribution in [2.45, 2.75) is 13.8 Å². The minimum atomic E-state index is 0. The molecule has 0 fully saturated rings. The van der Waals surface area contributed by atoms with Crippen LogP contribution in [0.2, 0.25) is 5.02 Å². The number of ether oxygens (including phenoxy) is 1. The van der Waals surface area contributed by atoms with Crippen molar-refractivity contribution in [2.75, 3.05) is 39.9 Å². The summed E-state index contributed by atoms with van der Waals surface area (Å²) >= 11 is 5.84. The molecule has 0 spiro atoms. The molecule has 0 radical (unpaired) electrons. The van der Waals surface area contributed by atoms with Crippen LogP contribution in [-0.4, -0.2) is 55.9 Å². The zero-order chi connectivity index (χ0) is 16.4. The lowest BCUT2D eigenvalue weighted by molar-refractivity contribution is 0.241. The van der Waals surface area contributed by atoms with Crippen LogP contribution in [0.5, 0.6) is 5.75 Å². The molecule has 0 bridgehead atoms. The molecule has 0 heterocycles. The van der Waals surface area contributed by atoms with Crippen LogP contribution >= 0.6 is 35.6 Å². The van der Waals surface area contributed by atoms with E-state index >= 15 is 0 Å². The Morgan fingerprint density at radius 2 is 2.04 bits per heavy atom. The second-order valence-corrected chi connectivity index (χ2v) is 5.64.